The number of methoxy groups -OCH3 is 2. The summed E-state index contributed by atoms with van der Waals surface area (Å²) in [6.07, 6.45) is 0. The first kappa shape index (κ1) is 18.4. The van der Waals surface area contributed by atoms with E-state index in [1.54, 1.807) is 32.4 Å². The van der Waals surface area contributed by atoms with Crippen molar-refractivity contribution in [2.24, 2.45) is 0 Å². The van der Waals surface area contributed by atoms with Crippen LogP contribution >= 0.6 is 0 Å². The van der Waals surface area contributed by atoms with Crippen LogP contribution < -0.4 is 24.3 Å². The predicted octanol–water partition coefficient (Wildman–Crippen LogP) is 2.91. The second kappa shape index (κ2) is 9.42. The maximum atomic E-state index is 12.2. The smallest absolute Gasteiger partial charge is 0.251 e. The zero-order valence-electron chi connectivity index (χ0n) is 14.7. The average molecular weight is 345 g/mol. The molecule has 0 fully saturated rings. The number of carbonyl (C=O) groups excluding carboxylic acids is 1. The third-order valence-corrected chi connectivity index (χ3v) is 3.44. The molecule has 2 rings (SSSR count). The van der Waals surface area contributed by atoms with E-state index in [1.165, 1.54) is 0 Å². The van der Waals surface area contributed by atoms with Crippen molar-refractivity contribution >= 4 is 5.91 Å². The quantitative estimate of drug-likeness (QED) is 0.708. The molecule has 134 valence electrons. The van der Waals surface area contributed by atoms with Crippen LogP contribution in [0, 0.1) is 0 Å². The fraction of sp³-hybridized carbons (Fsp3) is 0.316. The highest BCUT2D eigenvalue weighted by Crippen LogP contribution is 2.28. The molecule has 25 heavy (non-hydrogen) atoms. The predicted molar refractivity (Wildman–Crippen MR) is 95.0 cm³/mol. The van der Waals surface area contributed by atoms with E-state index < -0.39 is 0 Å². The minimum Gasteiger partial charge on any atom is -0.493 e. The third-order valence-electron chi connectivity index (χ3n) is 3.44. The SMILES string of the molecule is CCOc1ccc(C(=O)NCCOc2ccccc2OC)cc1OC. The Kier molecular flexibility index (Phi) is 6.95. The Morgan fingerprint density at radius 2 is 1.60 bits per heavy atom. The number of amides is 1. The topological polar surface area (TPSA) is 66.0 Å². The molecule has 0 radical (unpaired) electrons. The molecule has 1 amide bonds. The number of hydrogen-bond donors (Lipinski definition) is 1. The van der Waals surface area contributed by atoms with Gasteiger partial charge in [0.15, 0.2) is 23.0 Å². The summed E-state index contributed by atoms with van der Waals surface area (Å²) in [4.78, 5) is 12.2. The molecule has 0 saturated heterocycles. The molecule has 2 aromatic carbocycles. The standard InChI is InChI=1S/C19H23NO5/c1-4-24-17-10-9-14(13-18(17)23-3)19(21)20-11-12-25-16-8-6-5-7-15(16)22-2/h5-10,13H,4,11-12H2,1-3H3,(H,20,21). The maximum absolute atomic E-state index is 12.2. The number of nitrogens with one attached hydrogen (secondary N) is 1. The van der Waals surface area contributed by atoms with E-state index in [0.29, 0.717) is 48.3 Å². The van der Waals surface area contributed by atoms with Gasteiger partial charge in [-0.15, -0.1) is 0 Å². The van der Waals surface area contributed by atoms with Gasteiger partial charge in [0.05, 0.1) is 27.4 Å². The highest BCUT2D eigenvalue weighted by molar-refractivity contribution is 5.94. The monoisotopic (exact) mass is 345 g/mol. The molecule has 2 aromatic rings. The minimum atomic E-state index is -0.204. The number of carbonyl (C=O) groups is 1. The lowest BCUT2D eigenvalue weighted by Crippen LogP contribution is -2.28. The third kappa shape index (κ3) is 5.04. The Hall–Kier alpha value is -2.89. The van der Waals surface area contributed by atoms with Gasteiger partial charge in [-0.1, -0.05) is 12.1 Å². The molecular weight excluding hydrogens is 322 g/mol. The van der Waals surface area contributed by atoms with E-state index in [0.717, 1.165) is 0 Å². The van der Waals surface area contributed by atoms with E-state index >= 15 is 0 Å². The van der Waals surface area contributed by atoms with Gasteiger partial charge in [-0.25, -0.2) is 0 Å². The zero-order chi connectivity index (χ0) is 18.1. The normalized spacial score (nSPS) is 10.0. The molecule has 6 nitrogen and oxygen atoms in total. The van der Waals surface area contributed by atoms with Gasteiger partial charge in [-0.05, 0) is 37.3 Å². The highest BCUT2D eigenvalue weighted by Gasteiger charge is 2.11. The summed E-state index contributed by atoms with van der Waals surface area (Å²) in [7, 11) is 3.13. The lowest BCUT2D eigenvalue weighted by Gasteiger charge is -2.12. The largest absolute Gasteiger partial charge is 0.493 e. The van der Waals surface area contributed by atoms with E-state index in [1.807, 2.05) is 31.2 Å². The van der Waals surface area contributed by atoms with Crippen LogP contribution in [0.5, 0.6) is 23.0 Å². The average Bonchev–Trinajstić information content (AvgIpc) is 2.65. The summed E-state index contributed by atoms with van der Waals surface area (Å²) in [6.45, 7) is 3.12. The van der Waals surface area contributed by atoms with Gasteiger partial charge in [-0.3, -0.25) is 4.79 Å². The molecule has 0 saturated carbocycles. The zero-order valence-corrected chi connectivity index (χ0v) is 14.7. The number of rotatable bonds is 9. The van der Waals surface area contributed by atoms with Gasteiger partial charge in [0.1, 0.15) is 6.61 Å². The molecule has 0 aromatic heterocycles. The first-order valence-corrected chi connectivity index (χ1v) is 8.04. The van der Waals surface area contributed by atoms with E-state index in [-0.39, 0.29) is 5.91 Å². The van der Waals surface area contributed by atoms with E-state index in [9.17, 15) is 4.79 Å². The Morgan fingerprint density at radius 3 is 2.28 bits per heavy atom. The molecule has 0 unspecified atom stereocenters. The van der Waals surface area contributed by atoms with Crippen molar-refractivity contribution in [3.05, 3.63) is 48.0 Å². The van der Waals surface area contributed by atoms with Crippen molar-refractivity contribution in [1.82, 2.24) is 5.32 Å². The van der Waals surface area contributed by atoms with Gasteiger partial charge in [0, 0.05) is 5.56 Å². The fourth-order valence-corrected chi connectivity index (χ4v) is 2.25. The van der Waals surface area contributed by atoms with Crippen LogP contribution in [0.2, 0.25) is 0 Å². The molecule has 0 aliphatic rings. The van der Waals surface area contributed by atoms with Crippen molar-refractivity contribution < 1.29 is 23.7 Å². The summed E-state index contributed by atoms with van der Waals surface area (Å²) in [6, 6.07) is 12.4. The van der Waals surface area contributed by atoms with Crippen molar-refractivity contribution in [3.63, 3.8) is 0 Å². The second-order valence-corrected chi connectivity index (χ2v) is 5.05. The number of ether oxygens (including phenoxy) is 4. The summed E-state index contributed by atoms with van der Waals surface area (Å²) < 4.78 is 21.5. The summed E-state index contributed by atoms with van der Waals surface area (Å²) in [5.41, 5.74) is 0.498. The lowest BCUT2D eigenvalue weighted by molar-refractivity contribution is 0.0946. The van der Waals surface area contributed by atoms with Crippen molar-refractivity contribution in [1.29, 1.82) is 0 Å². The van der Waals surface area contributed by atoms with Crippen LogP contribution in [-0.4, -0.2) is 39.9 Å². The van der Waals surface area contributed by atoms with Crippen molar-refractivity contribution in [3.8, 4) is 23.0 Å². The molecule has 0 spiro atoms. The van der Waals surface area contributed by atoms with Crippen LogP contribution in [0.4, 0.5) is 0 Å². The van der Waals surface area contributed by atoms with Crippen LogP contribution in [0.15, 0.2) is 42.5 Å². The van der Waals surface area contributed by atoms with Gasteiger partial charge in [0.2, 0.25) is 0 Å². The number of hydrogen-bond acceptors (Lipinski definition) is 5. The van der Waals surface area contributed by atoms with Crippen LogP contribution in [0.3, 0.4) is 0 Å². The van der Waals surface area contributed by atoms with Crippen molar-refractivity contribution in [2.75, 3.05) is 34.0 Å². The van der Waals surface area contributed by atoms with Gasteiger partial charge < -0.3 is 24.3 Å². The van der Waals surface area contributed by atoms with Gasteiger partial charge in [-0.2, -0.15) is 0 Å². The summed E-state index contributed by atoms with van der Waals surface area (Å²) >= 11 is 0. The molecular formula is C19H23NO5. The Bertz CT molecular complexity index is 702. The summed E-state index contributed by atoms with van der Waals surface area (Å²) in [5.74, 6) is 2.23. The molecule has 0 heterocycles. The van der Waals surface area contributed by atoms with Crippen LogP contribution in [0.25, 0.3) is 0 Å². The number of benzene rings is 2. The Labute approximate surface area is 147 Å². The maximum Gasteiger partial charge on any atom is 0.251 e. The molecule has 0 aliphatic carbocycles. The molecule has 0 bridgehead atoms. The molecule has 0 aliphatic heterocycles. The van der Waals surface area contributed by atoms with Crippen molar-refractivity contribution in [2.45, 2.75) is 6.92 Å². The molecule has 0 atom stereocenters. The first-order chi connectivity index (χ1) is 12.2. The lowest BCUT2D eigenvalue weighted by atomic mass is 10.2. The highest BCUT2D eigenvalue weighted by atomic mass is 16.5. The van der Waals surface area contributed by atoms with Crippen LogP contribution in [0.1, 0.15) is 17.3 Å². The molecule has 1 N–H and O–H groups in total. The Morgan fingerprint density at radius 1 is 0.920 bits per heavy atom. The summed E-state index contributed by atoms with van der Waals surface area (Å²) in [5, 5.41) is 2.81. The molecule has 6 heteroatoms. The first-order valence-electron chi connectivity index (χ1n) is 8.04. The van der Waals surface area contributed by atoms with E-state index in [4.69, 9.17) is 18.9 Å². The Balaban J connectivity index is 1.88. The second-order valence-electron chi connectivity index (χ2n) is 5.05. The van der Waals surface area contributed by atoms with Crippen LogP contribution in [-0.2, 0) is 0 Å². The number of para-hydroxylation sites is 2. The van der Waals surface area contributed by atoms with E-state index in [2.05, 4.69) is 5.32 Å². The van der Waals surface area contributed by atoms with Gasteiger partial charge >= 0.3 is 0 Å². The fourth-order valence-electron chi connectivity index (χ4n) is 2.25. The van der Waals surface area contributed by atoms with Gasteiger partial charge in [0.25, 0.3) is 5.91 Å². The minimum absolute atomic E-state index is 0.204.